The van der Waals surface area contributed by atoms with Crippen LogP contribution in [0, 0.1) is 0 Å². The molecule has 1 aromatic carbocycles. The highest BCUT2D eigenvalue weighted by atomic mass is 16.5. The fraction of sp³-hybridized carbons (Fsp3) is 0.333. The van der Waals surface area contributed by atoms with Crippen molar-refractivity contribution in [3.8, 4) is 0 Å². The van der Waals surface area contributed by atoms with Crippen LogP contribution in [0.1, 0.15) is 54.3 Å². The molecule has 21 heavy (non-hydrogen) atoms. The topological polar surface area (TPSA) is 43.4 Å². The van der Waals surface area contributed by atoms with Gasteiger partial charge in [0.15, 0.2) is 11.5 Å². The number of allylic oxidation sites excluding steroid dienone is 3. The average Bonchev–Trinajstić information content (AvgIpc) is 2.43. The van der Waals surface area contributed by atoms with Gasteiger partial charge in [-0.3, -0.25) is 9.59 Å². The average molecular weight is 282 g/mol. The van der Waals surface area contributed by atoms with Gasteiger partial charge in [0.25, 0.3) is 0 Å². The Kier molecular flexibility index (Phi) is 3.08. The zero-order valence-electron chi connectivity index (χ0n) is 12.5. The predicted molar refractivity (Wildman–Crippen MR) is 80.3 cm³/mol. The summed E-state index contributed by atoms with van der Waals surface area (Å²) in [5.41, 5.74) is 2.09. The van der Waals surface area contributed by atoms with Crippen molar-refractivity contribution in [2.24, 2.45) is 0 Å². The summed E-state index contributed by atoms with van der Waals surface area (Å²) in [6.45, 7) is 5.96. The molecule has 1 aliphatic heterocycles. The van der Waals surface area contributed by atoms with Gasteiger partial charge in [0, 0.05) is 16.7 Å². The summed E-state index contributed by atoms with van der Waals surface area (Å²) in [7, 11) is 0. The van der Waals surface area contributed by atoms with Gasteiger partial charge in [0.05, 0.1) is 0 Å². The lowest BCUT2D eigenvalue weighted by atomic mass is 9.81. The van der Waals surface area contributed by atoms with Crippen LogP contribution >= 0.6 is 0 Å². The second-order valence-corrected chi connectivity index (χ2v) is 6.15. The molecule has 1 aliphatic carbocycles. The minimum absolute atomic E-state index is 0.0700. The van der Waals surface area contributed by atoms with E-state index in [4.69, 9.17) is 4.74 Å². The van der Waals surface area contributed by atoms with Crippen LogP contribution in [0.25, 0.3) is 0 Å². The second kappa shape index (κ2) is 4.69. The van der Waals surface area contributed by atoms with Crippen LogP contribution in [-0.2, 0) is 4.74 Å². The highest BCUT2D eigenvalue weighted by molar-refractivity contribution is 6.26. The Morgan fingerprint density at radius 1 is 1.14 bits per heavy atom. The summed E-state index contributed by atoms with van der Waals surface area (Å²) < 4.78 is 5.96. The van der Waals surface area contributed by atoms with E-state index in [9.17, 15) is 9.59 Å². The van der Waals surface area contributed by atoms with E-state index in [1.807, 2.05) is 26.8 Å². The van der Waals surface area contributed by atoms with Crippen molar-refractivity contribution in [2.45, 2.75) is 39.2 Å². The number of ether oxygens (including phenoxy) is 1. The van der Waals surface area contributed by atoms with E-state index < -0.39 is 5.60 Å². The first-order chi connectivity index (χ1) is 9.91. The van der Waals surface area contributed by atoms with Crippen LogP contribution in [0.15, 0.2) is 47.2 Å². The standard InChI is InChI=1S/C18H18O3/c1-11(2)10-18(3)9-8-14-15(19)12-6-4-5-7-13(12)16(20)17(14)21-18/h4-7,10H,8-9H2,1-3H3. The lowest BCUT2D eigenvalue weighted by Gasteiger charge is -2.36. The van der Waals surface area contributed by atoms with E-state index in [1.165, 1.54) is 0 Å². The van der Waals surface area contributed by atoms with Gasteiger partial charge < -0.3 is 4.74 Å². The third-order valence-corrected chi connectivity index (χ3v) is 3.97. The summed E-state index contributed by atoms with van der Waals surface area (Å²) in [6, 6.07) is 6.96. The zero-order valence-corrected chi connectivity index (χ0v) is 12.5. The van der Waals surface area contributed by atoms with Crippen molar-refractivity contribution in [3.63, 3.8) is 0 Å². The maximum absolute atomic E-state index is 12.6. The number of hydrogen-bond donors (Lipinski definition) is 0. The summed E-state index contributed by atoms with van der Waals surface area (Å²) in [5.74, 6) is -0.00215. The van der Waals surface area contributed by atoms with Crippen LogP contribution in [0.4, 0.5) is 0 Å². The third kappa shape index (κ3) is 2.23. The van der Waals surface area contributed by atoms with Crippen molar-refractivity contribution in [1.82, 2.24) is 0 Å². The second-order valence-electron chi connectivity index (χ2n) is 6.15. The molecule has 0 saturated carbocycles. The number of ketones is 2. The summed E-state index contributed by atoms with van der Waals surface area (Å²) in [5, 5.41) is 0. The van der Waals surface area contributed by atoms with Crippen molar-refractivity contribution < 1.29 is 14.3 Å². The number of Topliss-reactive ketones (excluding diaryl/α,β-unsaturated/α-hetero) is 2. The Bertz CT molecular complexity index is 705. The fourth-order valence-electron chi connectivity index (χ4n) is 3.11. The van der Waals surface area contributed by atoms with Gasteiger partial charge in [0.1, 0.15) is 5.60 Å². The van der Waals surface area contributed by atoms with E-state index in [0.717, 1.165) is 5.57 Å². The molecule has 2 aliphatic rings. The van der Waals surface area contributed by atoms with E-state index in [1.54, 1.807) is 24.3 Å². The Hall–Kier alpha value is -2.16. The molecule has 3 rings (SSSR count). The van der Waals surface area contributed by atoms with Crippen LogP contribution in [0.3, 0.4) is 0 Å². The molecule has 0 aromatic heterocycles. The van der Waals surface area contributed by atoms with Gasteiger partial charge >= 0.3 is 0 Å². The molecular formula is C18H18O3. The maximum atomic E-state index is 12.6. The molecule has 0 radical (unpaired) electrons. The zero-order chi connectivity index (χ0) is 15.2. The molecule has 3 nitrogen and oxygen atoms in total. The number of benzene rings is 1. The minimum Gasteiger partial charge on any atom is -0.479 e. The Balaban J connectivity index is 2.07. The van der Waals surface area contributed by atoms with Crippen LogP contribution in [0.2, 0.25) is 0 Å². The molecule has 1 aromatic rings. The molecule has 0 amide bonds. The van der Waals surface area contributed by atoms with Crippen molar-refractivity contribution in [1.29, 1.82) is 0 Å². The monoisotopic (exact) mass is 282 g/mol. The molecule has 108 valence electrons. The molecule has 1 heterocycles. The number of hydrogen-bond acceptors (Lipinski definition) is 3. The lowest BCUT2D eigenvalue weighted by Crippen LogP contribution is -2.36. The van der Waals surface area contributed by atoms with Crippen LogP contribution in [-0.4, -0.2) is 17.2 Å². The van der Waals surface area contributed by atoms with Gasteiger partial charge in [0.2, 0.25) is 5.78 Å². The van der Waals surface area contributed by atoms with E-state index >= 15 is 0 Å². The fourth-order valence-corrected chi connectivity index (χ4v) is 3.11. The van der Waals surface area contributed by atoms with Crippen LogP contribution in [0.5, 0.6) is 0 Å². The van der Waals surface area contributed by atoms with Gasteiger partial charge in [-0.05, 0) is 39.7 Å². The first-order valence-corrected chi connectivity index (χ1v) is 7.18. The highest BCUT2D eigenvalue weighted by Crippen LogP contribution is 2.39. The molecule has 3 heteroatoms. The first kappa shape index (κ1) is 13.8. The van der Waals surface area contributed by atoms with Crippen molar-refractivity contribution in [3.05, 3.63) is 58.4 Å². The Morgan fingerprint density at radius 3 is 2.38 bits per heavy atom. The first-order valence-electron chi connectivity index (χ1n) is 7.18. The van der Waals surface area contributed by atoms with E-state index in [2.05, 4.69) is 0 Å². The predicted octanol–water partition coefficient (Wildman–Crippen LogP) is 3.86. The number of rotatable bonds is 1. The molecule has 0 saturated heterocycles. The summed E-state index contributed by atoms with van der Waals surface area (Å²) in [6.07, 6.45) is 3.31. The molecule has 0 bridgehead atoms. The van der Waals surface area contributed by atoms with Gasteiger partial charge in [-0.2, -0.15) is 0 Å². The lowest BCUT2D eigenvalue weighted by molar-refractivity contribution is 0.0300. The largest absolute Gasteiger partial charge is 0.479 e. The van der Waals surface area contributed by atoms with E-state index in [-0.39, 0.29) is 17.3 Å². The SMILES string of the molecule is CC(C)=CC1(C)CCC2=C(O1)C(=O)c1ccccc1C2=O. The summed E-state index contributed by atoms with van der Waals surface area (Å²) >= 11 is 0. The minimum atomic E-state index is -0.514. The summed E-state index contributed by atoms with van der Waals surface area (Å²) in [4.78, 5) is 25.1. The van der Waals surface area contributed by atoms with Crippen molar-refractivity contribution >= 4 is 11.6 Å². The Labute approximate surface area is 124 Å². The maximum Gasteiger partial charge on any atom is 0.228 e. The smallest absolute Gasteiger partial charge is 0.228 e. The normalized spacial score (nSPS) is 24.1. The highest BCUT2D eigenvalue weighted by Gasteiger charge is 2.40. The molecular weight excluding hydrogens is 264 g/mol. The number of carbonyl (C=O) groups is 2. The van der Waals surface area contributed by atoms with Crippen LogP contribution < -0.4 is 0 Å². The quantitative estimate of drug-likeness (QED) is 0.735. The van der Waals surface area contributed by atoms with Crippen molar-refractivity contribution in [2.75, 3.05) is 0 Å². The molecule has 0 spiro atoms. The number of carbonyl (C=O) groups excluding carboxylic acids is 2. The van der Waals surface area contributed by atoms with Gasteiger partial charge in [-0.25, -0.2) is 0 Å². The molecule has 0 N–H and O–H groups in total. The molecule has 1 unspecified atom stereocenters. The van der Waals surface area contributed by atoms with E-state index in [0.29, 0.717) is 29.5 Å². The molecule has 1 atom stereocenters. The molecule has 0 fully saturated rings. The number of fused-ring (bicyclic) bond motifs is 1. The Morgan fingerprint density at radius 2 is 1.76 bits per heavy atom. The third-order valence-electron chi connectivity index (χ3n) is 3.97. The van der Waals surface area contributed by atoms with Gasteiger partial charge in [-0.1, -0.05) is 29.8 Å². The van der Waals surface area contributed by atoms with Gasteiger partial charge in [-0.15, -0.1) is 0 Å².